The van der Waals surface area contributed by atoms with Gasteiger partial charge in [0.15, 0.2) is 5.84 Å². The molecule has 0 aromatic heterocycles. The number of allylic oxidation sites excluding steroid dienone is 8. The van der Waals surface area contributed by atoms with Crippen molar-refractivity contribution in [3.63, 3.8) is 0 Å². The minimum absolute atomic E-state index is 0.243. The van der Waals surface area contributed by atoms with E-state index in [0.29, 0.717) is 24.8 Å². The average Bonchev–Trinajstić information content (AvgIpc) is 3.47. The van der Waals surface area contributed by atoms with Gasteiger partial charge in [0.2, 0.25) is 6.35 Å². The number of amidine groups is 2. The maximum Gasteiger partial charge on any atom is 0.228 e. The largest absolute Gasteiger partial charge is 0.508 e. The Morgan fingerprint density at radius 3 is 2.49 bits per heavy atom. The summed E-state index contributed by atoms with van der Waals surface area (Å²) in [5, 5.41) is 17.0. The standard InChI is InChI=1S/C46H51N3O2/c1-3-5-16-31(4-2)30-51-45-48-43(47-44(49-45)37-23-14-15-24-42(37)50)34-25-26-40-38(28-34)39-27-32-17-12-13-18-33(32)29-41(39)46(40,35-19-8-6-9-20-35)36-21-10-7-11-22-36/h8,12-13,15,17-21,24-29,31,45,50H,3-7,9-11,14,16,22-23,30H2,1-2H3,(H,47,48,49). The van der Waals surface area contributed by atoms with Gasteiger partial charge in [-0.2, -0.15) is 0 Å². The molecule has 0 saturated carbocycles. The quantitative estimate of drug-likeness (QED) is 0.199. The third-order valence-corrected chi connectivity index (χ3v) is 11.6. The van der Waals surface area contributed by atoms with Crippen LogP contribution in [-0.2, 0) is 10.2 Å². The van der Waals surface area contributed by atoms with Crippen LogP contribution in [0.15, 0.2) is 124 Å². The number of hydrogen-bond acceptors (Lipinski definition) is 5. The summed E-state index contributed by atoms with van der Waals surface area (Å²) in [7, 11) is 0. The summed E-state index contributed by atoms with van der Waals surface area (Å²) in [4.78, 5) is 10.0. The molecule has 0 spiro atoms. The average molecular weight is 678 g/mol. The maximum atomic E-state index is 10.9. The molecule has 1 heterocycles. The van der Waals surface area contributed by atoms with Crippen molar-refractivity contribution in [1.29, 1.82) is 0 Å². The van der Waals surface area contributed by atoms with E-state index in [1.54, 1.807) is 6.08 Å². The zero-order chi connectivity index (χ0) is 34.8. The number of aliphatic hydroxyl groups is 1. The molecule has 0 amide bonds. The monoisotopic (exact) mass is 677 g/mol. The van der Waals surface area contributed by atoms with Crippen LogP contribution in [0.5, 0.6) is 0 Å². The minimum atomic E-state index is -0.581. The summed E-state index contributed by atoms with van der Waals surface area (Å²) >= 11 is 0. The number of nitrogens with zero attached hydrogens (tertiary/aromatic N) is 2. The third-order valence-electron chi connectivity index (χ3n) is 11.6. The number of ether oxygens (including phenoxy) is 1. The molecule has 3 unspecified atom stereocenters. The number of aliphatic imine (C=N–C) groups is 2. The van der Waals surface area contributed by atoms with Crippen LogP contribution in [0.1, 0.15) is 108 Å². The number of rotatable bonds is 11. The topological polar surface area (TPSA) is 66.2 Å². The molecule has 1 aliphatic heterocycles. The van der Waals surface area contributed by atoms with Gasteiger partial charge in [-0.05, 0) is 127 Å². The Bertz CT molecular complexity index is 2040. The molecule has 2 N–H and O–H groups in total. The molecular formula is C46H51N3O2. The van der Waals surface area contributed by atoms with Gasteiger partial charge in [-0.3, -0.25) is 0 Å². The maximum absolute atomic E-state index is 10.9. The fourth-order valence-corrected chi connectivity index (χ4v) is 8.87. The molecule has 3 aromatic rings. The van der Waals surface area contributed by atoms with Crippen molar-refractivity contribution < 1.29 is 9.84 Å². The number of benzene rings is 3. The van der Waals surface area contributed by atoms with Gasteiger partial charge in [0.1, 0.15) is 11.6 Å². The molecular weight excluding hydrogens is 627 g/mol. The van der Waals surface area contributed by atoms with Gasteiger partial charge in [0.25, 0.3) is 0 Å². The van der Waals surface area contributed by atoms with Crippen molar-refractivity contribution in [3.05, 3.63) is 130 Å². The van der Waals surface area contributed by atoms with Gasteiger partial charge >= 0.3 is 0 Å². The van der Waals surface area contributed by atoms with Crippen molar-refractivity contribution in [3.8, 4) is 11.1 Å². The molecule has 5 nitrogen and oxygen atoms in total. The fraction of sp³-hybridized carbons (Fsp3) is 0.391. The molecule has 51 heavy (non-hydrogen) atoms. The lowest BCUT2D eigenvalue weighted by molar-refractivity contribution is 0.0218. The summed E-state index contributed by atoms with van der Waals surface area (Å²) in [6, 6.07) is 20.6. The van der Waals surface area contributed by atoms with Crippen molar-refractivity contribution in [2.45, 2.75) is 103 Å². The number of fused-ring (bicyclic) bond motifs is 4. The zero-order valence-electron chi connectivity index (χ0n) is 30.3. The molecule has 0 radical (unpaired) electrons. The SMILES string of the molecule is CCCCC(CC)COC1N=C(C2=C(O)C=CCC2)N=C(c2ccc3c(c2)-c2cc4ccccc4cc2C3(C2=CCCC=C2)C2=CCCCC2)N1. The van der Waals surface area contributed by atoms with Crippen molar-refractivity contribution in [2.24, 2.45) is 15.9 Å². The Labute approximate surface area is 303 Å². The van der Waals surface area contributed by atoms with Crippen molar-refractivity contribution in [1.82, 2.24) is 5.32 Å². The van der Waals surface area contributed by atoms with Gasteiger partial charge in [-0.25, -0.2) is 9.98 Å². The second kappa shape index (κ2) is 14.6. The van der Waals surface area contributed by atoms with Gasteiger partial charge in [-0.15, -0.1) is 0 Å². The molecule has 0 saturated heterocycles. The van der Waals surface area contributed by atoms with E-state index >= 15 is 0 Å². The number of nitrogens with one attached hydrogen (secondary N) is 1. The van der Waals surface area contributed by atoms with Gasteiger partial charge < -0.3 is 15.2 Å². The predicted molar refractivity (Wildman–Crippen MR) is 211 cm³/mol. The van der Waals surface area contributed by atoms with Crippen LogP contribution in [0.2, 0.25) is 0 Å². The molecule has 0 bridgehead atoms. The van der Waals surface area contributed by atoms with E-state index in [9.17, 15) is 5.11 Å². The van der Waals surface area contributed by atoms with Crippen LogP contribution in [0.3, 0.4) is 0 Å². The molecule has 4 aliphatic carbocycles. The molecule has 5 heteroatoms. The normalized spacial score (nSPS) is 23.2. The first-order valence-corrected chi connectivity index (χ1v) is 19.5. The highest BCUT2D eigenvalue weighted by atomic mass is 16.5. The molecule has 262 valence electrons. The van der Waals surface area contributed by atoms with Crippen LogP contribution < -0.4 is 5.32 Å². The Hall–Kier alpha value is -4.48. The third kappa shape index (κ3) is 6.24. The van der Waals surface area contributed by atoms with E-state index in [1.807, 2.05) is 6.08 Å². The summed E-state index contributed by atoms with van der Waals surface area (Å²) in [5.41, 5.74) is 9.72. The zero-order valence-corrected chi connectivity index (χ0v) is 30.3. The van der Waals surface area contributed by atoms with Crippen LogP contribution >= 0.6 is 0 Å². The highest BCUT2D eigenvalue weighted by Gasteiger charge is 2.48. The summed E-state index contributed by atoms with van der Waals surface area (Å²) < 4.78 is 6.51. The highest BCUT2D eigenvalue weighted by molar-refractivity contribution is 6.13. The van der Waals surface area contributed by atoms with Crippen LogP contribution in [0.4, 0.5) is 0 Å². The molecule has 8 rings (SSSR count). The first-order chi connectivity index (χ1) is 25.1. The Balaban J connectivity index is 1.26. The Morgan fingerprint density at radius 2 is 1.73 bits per heavy atom. The molecule has 0 fully saturated rings. The lowest BCUT2D eigenvalue weighted by Crippen LogP contribution is -2.41. The predicted octanol–water partition coefficient (Wildman–Crippen LogP) is 11.3. The Morgan fingerprint density at radius 1 is 0.882 bits per heavy atom. The lowest BCUT2D eigenvalue weighted by atomic mass is 9.63. The van der Waals surface area contributed by atoms with Gasteiger partial charge in [-0.1, -0.05) is 105 Å². The molecule has 5 aliphatic rings. The minimum Gasteiger partial charge on any atom is -0.508 e. The van der Waals surface area contributed by atoms with E-state index in [1.165, 1.54) is 69.9 Å². The first kappa shape index (κ1) is 33.7. The van der Waals surface area contributed by atoms with Gasteiger partial charge in [0.05, 0.1) is 12.0 Å². The summed E-state index contributed by atoms with van der Waals surface area (Å²) in [6.45, 7) is 5.11. The van der Waals surface area contributed by atoms with E-state index in [4.69, 9.17) is 14.7 Å². The summed E-state index contributed by atoms with van der Waals surface area (Å²) in [5.74, 6) is 2.02. The van der Waals surface area contributed by atoms with E-state index in [0.717, 1.165) is 61.9 Å². The fourth-order valence-electron chi connectivity index (χ4n) is 8.87. The van der Waals surface area contributed by atoms with E-state index in [-0.39, 0.29) is 11.2 Å². The first-order valence-electron chi connectivity index (χ1n) is 19.5. The highest BCUT2D eigenvalue weighted by Crippen LogP contribution is 2.59. The van der Waals surface area contributed by atoms with E-state index < -0.39 is 6.35 Å². The van der Waals surface area contributed by atoms with Gasteiger partial charge in [0, 0.05) is 11.1 Å². The van der Waals surface area contributed by atoms with E-state index in [2.05, 4.69) is 98.1 Å². The lowest BCUT2D eigenvalue weighted by Gasteiger charge is -2.39. The Kier molecular flexibility index (Phi) is 9.66. The van der Waals surface area contributed by atoms with Crippen molar-refractivity contribution in [2.75, 3.05) is 6.61 Å². The van der Waals surface area contributed by atoms with Crippen molar-refractivity contribution >= 4 is 22.4 Å². The molecule has 3 aromatic carbocycles. The van der Waals surface area contributed by atoms with Crippen LogP contribution in [0.25, 0.3) is 21.9 Å². The number of aliphatic hydroxyl groups excluding tert-OH is 1. The second-order valence-electron chi connectivity index (χ2n) is 14.8. The van der Waals surface area contributed by atoms with Crippen LogP contribution in [0, 0.1) is 5.92 Å². The summed E-state index contributed by atoms with van der Waals surface area (Å²) in [6.07, 6.45) is 26.0. The smallest absolute Gasteiger partial charge is 0.228 e. The van der Waals surface area contributed by atoms with Crippen LogP contribution in [-0.4, -0.2) is 29.7 Å². The number of unbranched alkanes of at least 4 members (excludes halogenated alkanes) is 1. The second-order valence-corrected chi connectivity index (χ2v) is 14.8. The molecule has 3 atom stereocenters. The number of hydrogen-bond donors (Lipinski definition) is 2.